The number of ether oxygens (including phenoxy) is 1. The van der Waals surface area contributed by atoms with Crippen LogP contribution in [-0.2, 0) is 0 Å². The molecule has 0 aromatic carbocycles. The van der Waals surface area contributed by atoms with Crippen molar-refractivity contribution in [3.8, 4) is 5.88 Å². The van der Waals surface area contributed by atoms with E-state index in [0.717, 1.165) is 19.3 Å². The second-order valence-electron chi connectivity index (χ2n) is 4.71. The number of rotatable bonds is 3. The zero-order valence-electron chi connectivity index (χ0n) is 10.7. The van der Waals surface area contributed by atoms with Gasteiger partial charge in [-0.05, 0) is 25.3 Å². The molecule has 2 rings (SSSR count). The summed E-state index contributed by atoms with van der Waals surface area (Å²) in [5, 5.41) is 7.76. The van der Waals surface area contributed by atoms with E-state index in [1.807, 2.05) is 0 Å². The lowest BCUT2D eigenvalue weighted by Crippen LogP contribution is -2.34. The van der Waals surface area contributed by atoms with Crippen molar-refractivity contribution in [3.63, 3.8) is 0 Å². The van der Waals surface area contributed by atoms with E-state index in [1.165, 1.54) is 4.90 Å². The molecule has 2 unspecified atom stereocenters. The second kappa shape index (κ2) is 5.30. The summed E-state index contributed by atoms with van der Waals surface area (Å²) in [4.78, 5) is 13.1. The first-order valence-corrected chi connectivity index (χ1v) is 6.05. The van der Waals surface area contributed by atoms with Gasteiger partial charge in [0, 0.05) is 26.2 Å². The highest BCUT2D eigenvalue weighted by molar-refractivity contribution is 5.91. The molecule has 0 spiro atoms. The predicted octanol–water partition coefficient (Wildman–Crippen LogP) is 0.437. The molecule has 0 radical (unpaired) electrons. The molecule has 6 nitrogen and oxygen atoms in total. The summed E-state index contributed by atoms with van der Waals surface area (Å²) in [5.74, 6) is 0.249. The maximum Gasteiger partial charge on any atom is 0.273 e. The van der Waals surface area contributed by atoms with Crippen molar-refractivity contribution >= 4 is 5.91 Å². The van der Waals surface area contributed by atoms with Gasteiger partial charge in [0.2, 0.25) is 5.88 Å². The molecule has 0 bridgehead atoms. The van der Waals surface area contributed by atoms with Crippen molar-refractivity contribution in [2.75, 3.05) is 14.1 Å². The molecule has 1 aliphatic carbocycles. The van der Waals surface area contributed by atoms with Crippen molar-refractivity contribution in [1.29, 1.82) is 0 Å². The SMILES string of the molecule is CN(C)C(=O)c1ccc(OC2CCCC2N)nn1. The van der Waals surface area contributed by atoms with E-state index < -0.39 is 0 Å². The van der Waals surface area contributed by atoms with E-state index in [-0.39, 0.29) is 18.1 Å². The minimum absolute atomic E-state index is 0.00898. The Labute approximate surface area is 106 Å². The van der Waals surface area contributed by atoms with Gasteiger partial charge >= 0.3 is 0 Å². The number of amides is 1. The van der Waals surface area contributed by atoms with Crippen molar-refractivity contribution in [2.24, 2.45) is 5.73 Å². The normalized spacial score (nSPS) is 22.8. The van der Waals surface area contributed by atoms with E-state index in [9.17, 15) is 4.79 Å². The summed E-state index contributed by atoms with van der Waals surface area (Å²) in [6.07, 6.45) is 3.02. The van der Waals surface area contributed by atoms with Gasteiger partial charge in [-0.15, -0.1) is 10.2 Å². The Balaban J connectivity index is 2.01. The van der Waals surface area contributed by atoms with E-state index >= 15 is 0 Å². The van der Waals surface area contributed by atoms with Crippen LogP contribution in [0.4, 0.5) is 0 Å². The monoisotopic (exact) mass is 250 g/mol. The topological polar surface area (TPSA) is 81.3 Å². The molecular weight excluding hydrogens is 232 g/mol. The standard InChI is InChI=1S/C12H18N4O2/c1-16(2)12(17)9-6-7-11(15-14-9)18-10-5-3-4-8(10)13/h6-8,10H,3-5,13H2,1-2H3. The third-order valence-electron chi connectivity index (χ3n) is 3.04. The van der Waals surface area contributed by atoms with E-state index in [1.54, 1.807) is 26.2 Å². The molecule has 1 aromatic heterocycles. The Kier molecular flexibility index (Phi) is 3.76. The van der Waals surface area contributed by atoms with Crippen LogP contribution in [0.15, 0.2) is 12.1 Å². The zero-order chi connectivity index (χ0) is 13.1. The van der Waals surface area contributed by atoms with Gasteiger partial charge in [-0.3, -0.25) is 4.79 Å². The van der Waals surface area contributed by atoms with Crippen molar-refractivity contribution < 1.29 is 9.53 Å². The van der Waals surface area contributed by atoms with Gasteiger partial charge in [0.05, 0.1) is 0 Å². The highest BCUT2D eigenvalue weighted by Crippen LogP contribution is 2.21. The quantitative estimate of drug-likeness (QED) is 0.841. The number of aromatic nitrogens is 2. The number of nitrogens with zero attached hydrogens (tertiary/aromatic N) is 3. The molecule has 2 N–H and O–H groups in total. The Hall–Kier alpha value is -1.69. The maximum absolute atomic E-state index is 11.6. The summed E-state index contributed by atoms with van der Waals surface area (Å²) < 4.78 is 5.66. The average molecular weight is 250 g/mol. The Bertz CT molecular complexity index is 419. The second-order valence-corrected chi connectivity index (χ2v) is 4.71. The first kappa shape index (κ1) is 12.8. The van der Waals surface area contributed by atoms with Gasteiger partial charge in [-0.2, -0.15) is 0 Å². The van der Waals surface area contributed by atoms with Crippen LogP contribution >= 0.6 is 0 Å². The van der Waals surface area contributed by atoms with Gasteiger partial charge < -0.3 is 15.4 Å². The van der Waals surface area contributed by atoms with E-state index in [4.69, 9.17) is 10.5 Å². The molecule has 1 aromatic rings. The number of carbonyl (C=O) groups is 1. The lowest BCUT2D eigenvalue weighted by Gasteiger charge is -2.16. The fourth-order valence-electron chi connectivity index (χ4n) is 1.98. The Morgan fingerprint density at radius 3 is 2.67 bits per heavy atom. The molecule has 1 amide bonds. The van der Waals surface area contributed by atoms with Gasteiger partial charge in [0.1, 0.15) is 6.10 Å². The van der Waals surface area contributed by atoms with Crippen LogP contribution in [0.25, 0.3) is 0 Å². The van der Waals surface area contributed by atoms with Crippen LogP contribution in [0.3, 0.4) is 0 Å². The fraction of sp³-hybridized carbons (Fsp3) is 0.583. The van der Waals surface area contributed by atoms with Gasteiger partial charge in [-0.25, -0.2) is 0 Å². The average Bonchev–Trinajstić information content (AvgIpc) is 2.75. The molecule has 18 heavy (non-hydrogen) atoms. The molecule has 1 heterocycles. The van der Waals surface area contributed by atoms with Crippen LogP contribution in [0.1, 0.15) is 29.8 Å². The van der Waals surface area contributed by atoms with Crippen LogP contribution < -0.4 is 10.5 Å². The van der Waals surface area contributed by atoms with E-state index in [2.05, 4.69) is 10.2 Å². The zero-order valence-corrected chi connectivity index (χ0v) is 10.7. The summed E-state index contributed by atoms with van der Waals surface area (Å²) in [5.41, 5.74) is 6.22. The Morgan fingerprint density at radius 1 is 1.39 bits per heavy atom. The molecule has 0 saturated heterocycles. The molecular formula is C12H18N4O2. The van der Waals surface area contributed by atoms with E-state index in [0.29, 0.717) is 11.6 Å². The van der Waals surface area contributed by atoms with Crippen LogP contribution in [0, 0.1) is 0 Å². The minimum atomic E-state index is -0.174. The van der Waals surface area contributed by atoms with Gasteiger partial charge in [-0.1, -0.05) is 0 Å². The third-order valence-corrected chi connectivity index (χ3v) is 3.04. The fourth-order valence-corrected chi connectivity index (χ4v) is 1.98. The first-order valence-electron chi connectivity index (χ1n) is 6.05. The number of carbonyl (C=O) groups excluding carboxylic acids is 1. The van der Waals surface area contributed by atoms with Crippen LogP contribution in [-0.4, -0.2) is 47.2 Å². The first-order chi connectivity index (χ1) is 8.58. The summed E-state index contributed by atoms with van der Waals surface area (Å²) in [6, 6.07) is 3.34. The number of hydrogen-bond acceptors (Lipinski definition) is 5. The summed E-state index contributed by atoms with van der Waals surface area (Å²) in [7, 11) is 3.35. The highest BCUT2D eigenvalue weighted by Gasteiger charge is 2.26. The van der Waals surface area contributed by atoms with Gasteiger partial charge in [0.25, 0.3) is 5.91 Å². The lowest BCUT2D eigenvalue weighted by molar-refractivity contribution is 0.0820. The minimum Gasteiger partial charge on any atom is -0.472 e. The van der Waals surface area contributed by atoms with Crippen LogP contribution in [0.5, 0.6) is 5.88 Å². The maximum atomic E-state index is 11.6. The molecule has 1 saturated carbocycles. The van der Waals surface area contributed by atoms with Gasteiger partial charge in [0.15, 0.2) is 5.69 Å². The molecule has 98 valence electrons. The largest absolute Gasteiger partial charge is 0.472 e. The molecule has 6 heteroatoms. The summed E-state index contributed by atoms with van der Waals surface area (Å²) in [6.45, 7) is 0. The number of hydrogen-bond donors (Lipinski definition) is 1. The Morgan fingerprint density at radius 2 is 2.17 bits per heavy atom. The predicted molar refractivity (Wildman–Crippen MR) is 66.3 cm³/mol. The highest BCUT2D eigenvalue weighted by atomic mass is 16.5. The molecule has 2 atom stereocenters. The molecule has 1 fully saturated rings. The third kappa shape index (κ3) is 2.76. The number of nitrogens with two attached hydrogens (primary N) is 1. The van der Waals surface area contributed by atoms with Crippen LogP contribution in [0.2, 0.25) is 0 Å². The molecule has 1 aliphatic rings. The smallest absolute Gasteiger partial charge is 0.273 e. The van der Waals surface area contributed by atoms with Crippen molar-refractivity contribution in [3.05, 3.63) is 17.8 Å². The molecule has 0 aliphatic heterocycles. The summed E-state index contributed by atoms with van der Waals surface area (Å²) >= 11 is 0. The van der Waals surface area contributed by atoms with Crippen molar-refractivity contribution in [1.82, 2.24) is 15.1 Å². The van der Waals surface area contributed by atoms with Crippen molar-refractivity contribution in [2.45, 2.75) is 31.4 Å². The lowest BCUT2D eigenvalue weighted by atomic mass is 10.2.